The summed E-state index contributed by atoms with van der Waals surface area (Å²) in [5.41, 5.74) is 4.19. The van der Waals surface area contributed by atoms with Crippen molar-refractivity contribution >= 4 is 56.4 Å². The highest BCUT2D eigenvalue weighted by Crippen LogP contribution is 2.37. The highest BCUT2D eigenvalue weighted by molar-refractivity contribution is 7.99. The number of sulfonamides is 1. The molecule has 3 aliphatic rings. The van der Waals surface area contributed by atoms with Crippen LogP contribution in [0.25, 0.3) is 11.1 Å². The third-order valence-electron chi connectivity index (χ3n) is 12.3. The van der Waals surface area contributed by atoms with E-state index in [0.717, 1.165) is 55.4 Å². The van der Waals surface area contributed by atoms with Crippen LogP contribution >= 0.6 is 23.4 Å². The average Bonchev–Trinajstić information content (AvgIpc) is 3.49. The van der Waals surface area contributed by atoms with Crippen molar-refractivity contribution in [1.29, 1.82) is 0 Å². The summed E-state index contributed by atoms with van der Waals surface area (Å²) in [5, 5.41) is 16.4. The van der Waals surface area contributed by atoms with Gasteiger partial charge in [0, 0.05) is 90.4 Å². The lowest BCUT2D eigenvalue weighted by Crippen LogP contribution is -2.46. The summed E-state index contributed by atoms with van der Waals surface area (Å²) in [6.07, 6.45) is 6.66. The smallest absolute Gasteiger partial charge is 0.293 e. The standard InChI is InChI=1S/C47H51ClN6O5S2/c48-37-20-16-34(17-21-37)43-13-5-4-8-36(43)32-51-28-30-52(31-29-51)39-22-18-35(19-23-39)47(55)50-61(58,59)45-15-7-14-44(54(56)57)46(45)49-38(33-60-42-11-2-1-3-12-42)26-27-53-40-9-6-10-41(53)25-24-40/h1-5,7-8,11-23,38,40-41,49H,6,9-10,24-33H2,(H,50,55)/t38-,40-,41+/m1/s1. The second-order valence-corrected chi connectivity index (χ2v) is 19.3. The van der Waals surface area contributed by atoms with Crippen molar-refractivity contribution in [2.45, 2.75) is 73.0 Å². The van der Waals surface area contributed by atoms with Gasteiger partial charge >= 0.3 is 0 Å². The molecule has 3 heterocycles. The first-order chi connectivity index (χ1) is 29.6. The van der Waals surface area contributed by atoms with Crippen LogP contribution in [-0.4, -0.2) is 85.7 Å². The first-order valence-corrected chi connectivity index (χ1v) is 23.9. The van der Waals surface area contributed by atoms with E-state index in [1.165, 1.54) is 61.4 Å². The monoisotopic (exact) mass is 878 g/mol. The molecular formula is C47H51ClN6O5S2. The predicted octanol–water partition coefficient (Wildman–Crippen LogP) is 9.34. The lowest BCUT2D eigenvalue weighted by molar-refractivity contribution is -0.384. The highest BCUT2D eigenvalue weighted by Gasteiger charge is 2.37. The minimum absolute atomic E-state index is 0.115. The number of hydrogen-bond acceptors (Lipinski definition) is 10. The van der Waals surface area contributed by atoms with Gasteiger partial charge in [-0.25, -0.2) is 13.1 Å². The molecule has 318 valence electrons. The van der Waals surface area contributed by atoms with Gasteiger partial charge in [0.2, 0.25) is 0 Å². The van der Waals surface area contributed by atoms with Gasteiger partial charge in [0.1, 0.15) is 10.6 Å². The molecule has 3 fully saturated rings. The van der Waals surface area contributed by atoms with E-state index in [-0.39, 0.29) is 27.9 Å². The number of amides is 1. The maximum absolute atomic E-state index is 14.0. The maximum atomic E-state index is 14.0. The zero-order valence-electron chi connectivity index (χ0n) is 34.0. The Bertz CT molecular complexity index is 2400. The Kier molecular flexibility index (Phi) is 13.6. The zero-order chi connectivity index (χ0) is 42.3. The maximum Gasteiger partial charge on any atom is 0.293 e. The largest absolute Gasteiger partial charge is 0.375 e. The number of para-hydroxylation sites is 1. The highest BCUT2D eigenvalue weighted by atomic mass is 35.5. The Morgan fingerprint density at radius 3 is 2.21 bits per heavy atom. The van der Waals surface area contributed by atoms with Crippen LogP contribution in [0, 0.1) is 10.1 Å². The van der Waals surface area contributed by atoms with Crippen molar-refractivity contribution in [3.63, 3.8) is 0 Å². The summed E-state index contributed by atoms with van der Waals surface area (Å²) < 4.78 is 30.3. The molecule has 2 bridgehead atoms. The van der Waals surface area contributed by atoms with Crippen LogP contribution in [0.2, 0.25) is 5.02 Å². The number of piperidine rings is 1. The van der Waals surface area contributed by atoms with Gasteiger partial charge in [0.25, 0.3) is 21.6 Å². The Morgan fingerprint density at radius 2 is 1.51 bits per heavy atom. The Morgan fingerprint density at radius 1 is 0.820 bits per heavy atom. The molecule has 5 aromatic carbocycles. The van der Waals surface area contributed by atoms with Crippen LogP contribution in [0.3, 0.4) is 0 Å². The van der Waals surface area contributed by atoms with Gasteiger partial charge in [-0.2, -0.15) is 0 Å². The quantitative estimate of drug-likeness (QED) is 0.0563. The number of carbonyl (C=O) groups is 1. The molecule has 3 aliphatic heterocycles. The number of carbonyl (C=O) groups excluding carboxylic acids is 1. The second kappa shape index (κ2) is 19.4. The van der Waals surface area contributed by atoms with Crippen molar-refractivity contribution in [3.8, 4) is 11.1 Å². The SMILES string of the molecule is O=C(NS(=O)(=O)c1cccc([N+](=O)[O-])c1N[C@H](CCN1[C@@H]2CCC[C@H]1CC2)CSc1ccccc1)c1ccc(N2CCN(Cc3ccccc3-c3ccc(Cl)cc3)CC2)cc1. The number of piperazine rings is 1. The van der Waals surface area contributed by atoms with Crippen molar-refractivity contribution in [1.82, 2.24) is 14.5 Å². The van der Waals surface area contributed by atoms with Gasteiger partial charge in [0.05, 0.1) is 4.92 Å². The van der Waals surface area contributed by atoms with E-state index in [0.29, 0.717) is 29.3 Å². The molecule has 0 radical (unpaired) electrons. The molecule has 11 nitrogen and oxygen atoms in total. The molecule has 8 rings (SSSR count). The van der Waals surface area contributed by atoms with E-state index >= 15 is 0 Å². The number of nitro groups is 1. The van der Waals surface area contributed by atoms with Gasteiger partial charge in [-0.15, -0.1) is 11.8 Å². The molecule has 1 amide bonds. The Balaban J connectivity index is 0.927. The lowest BCUT2D eigenvalue weighted by atomic mass is 9.99. The molecule has 5 aromatic rings. The van der Waals surface area contributed by atoms with Crippen LogP contribution in [0.15, 0.2) is 131 Å². The van der Waals surface area contributed by atoms with Crippen molar-refractivity contribution in [2.75, 3.05) is 48.7 Å². The molecular weight excluding hydrogens is 828 g/mol. The average molecular weight is 880 g/mol. The summed E-state index contributed by atoms with van der Waals surface area (Å²) in [6, 6.07) is 37.9. The summed E-state index contributed by atoms with van der Waals surface area (Å²) in [4.78, 5) is 33.4. The van der Waals surface area contributed by atoms with Crippen LogP contribution in [0.5, 0.6) is 0 Å². The summed E-state index contributed by atoms with van der Waals surface area (Å²) in [7, 11) is -4.54. The fourth-order valence-electron chi connectivity index (χ4n) is 9.08. The van der Waals surface area contributed by atoms with E-state index in [1.807, 2.05) is 66.7 Å². The molecule has 0 unspecified atom stereocenters. The topological polar surface area (TPSA) is 128 Å². The minimum Gasteiger partial charge on any atom is -0.375 e. The number of nitrogens with zero attached hydrogens (tertiary/aromatic N) is 4. The van der Waals surface area contributed by atoms with Crippen LogP contribution in [-0.2, 0) is 16.6 Å². The molecule has 3 saturated heterocycles. The normalized spacial score (nSPS) is 18.7. The minimum atomic E-state index is -4.54. The van der Waals surface area contributed by atoms with E-state index in [4.69, 9.17) is 11.6 Å². The number of rotatable bonds is 16. The molecule has 14 heteroatoms. The van der Waals surface area contributed by atoms with Gasteiger partial charge < -0.3 is 10.2 Å². The van der Waals surface area contributed by atoms with Crippen LogP contribution < -0.4 is 14.9 Å². The fraction of sp³-hybridized carbons (Fsp3) is 0.340. The summed E-state index contributed by atoms with van der Waals surface area (Å²) in [6.45, 7) is 4.90. The molecule has 2 N–H and O–H groups in total. The Labute approximate surface area is 367 Å². The number of nitro benzene ring substituents is 1. The van der Waals surface area contributed by atoms with Gasteiger partial charge in [-0.3, -0.25) is 24.7 Å². The van der Waals surface area contributed by atoms with E-state index in [1.54, 1.807) is 23.9 Å². The number of halogens is 1. The molecule has 0 spiro atoms. The van der Waals surface area contributed by atoms with Gasteiger partial charge in [-0.05, 0) is 103 Å². The van der Waals surface area contributed by atoms with Crippen molar-refractivity contribution in [2.24, 2.45) is 0 Å². The third kappa shape index (κ3) is 10.4. The molecule has 0 aromatic heterocycles. The predicted molar refractivity (Wildman–Crippen MR) is 245 cm³/mol. The molecule has 3 atom stereocenters. The summed E-state index contributed by atoms with van der Waals surface area (Å²) >= 11 is 7.76. The van der Waals surface area contributed by atoms with Crippen LogP contribution in [0.4, 0.5) is 17.1 Å². The molecule has 0 saturated carbocycles. The van der Waals surface area contributed by atoms with Crippen molar-refractivity contribution < 1.29 is 18.1 Å². The number of fused-ring (bicyclic) bond motifs is 2. The number of benzene rings is 5. The number of nitrogens with one attached hydrogen (secondary N) is 2. The molecule has 0 aliphatic carbocycles. The number of thioether (sulfide) groups is 1. The summed E-state index contributed by atoms with van der Waals surface area (Å²) in [5.74, 6) is -0.255. The van der Waals surface area contributed by atoms with E-state index in [2.05, 4.69) is 49.0 Å². The first kappa shape index (κ1) is 42.8. The zero-order valence-corrected chi connectivity index (χ0v) is 36.4. The van der Waals surface area contributed by atoms with Crippen LogP contribution in [0.1, 0.15) is 54.4 Å². The first-order valence-electron chi connectivity index (χ1n) is 21.1. The van der Waals surface area contributed by atoms with Gasteiger partial charge in [-0.1, -0.05) is 78.7 Å². The third-order valence-corrected chi connectivity index (χ3v) is 15.1. The van der Waals surface area contributed by atoms with Crippen molar-refractivity contribution in [3.05, 3.63) is 148 Å². The lowest BCUT2D eigenvalue weighted by Gasteiger charge is -2.36. The number of hydrogen-bond donors (Lipinski definition) is 2. The van der Waals surface area contributed by atoms with E-state index < -0.39 is 20.9 Å². The number of anilines is 2. The van der Waals surface area contributed by atoms with Gasteiger partial charge in [0.15, 0.2) is 0 Å². The second-order valence-electron chi connectivity index (χ2n) is 16.1. The fourth-order valence-corrected chi connectivity index (χ4v) is 11.4. The molecule has 61 heavy (non-hydrogen) atoms. The Hall–Kier alpha value is -4.92. The van der Waals surface area contributed by atoms with E-state index in [9.17, 15) is 23.3 Å².